The van der Waals surface area contributed by atoms with Gasteiger partial charge in [0.25, 0.3) is 0 Å². The highest BCUT2D eigenvalue weighted by molar-refractivity contribution is 5.90. The molecule has 5 nitrogen and oxygen atoms in total. The molecule has 1 amide bonds. The first-order valence-corrected chi connectivity index (χ1v) is 8.48. The molecule has 1 aromatic heterocycles. The predicted octanol–water partition coefficient (Wildman–Crippen LogP) is 2.64. The van der Waals surface area contributed by atoms with E-state index in [0.29, 0.717) is 13.2 Å². The molecule has 0 spiro atoms. The van der Waals surface area contributed by atoms with E-state index >= 15 is 0 Å². The Morgan fingerprint density at radius 2 is 2.08 bits per heavy atom. The van der Waals surface area contributed by atoms with Crippen LogP contribution in [0.25, 0.3) is 0 Å². The molecule has 0 atom stereocenters. The number of cyclic esters (lactones) is 1. The summed E-state index contributed by atoms with van der Waals surface area (Å²) in [7, 11) is 0. The van der Waals surface area contributed by atoms with E-state index in [1.807, 2.05) is 30.5 Å². The van der Waals surface area contributed by atoms with Crippen molar-refractivity contribution in [1.29, 1.82) is 0 Å². The first-order valence-electron chi connectivity index (χ1n) is 8.48. The number of amides is 1. The van der Waals surface area contributed by atoms with E-state index in [1.165, 1.54) is 11.1 Å². The third-order valence-corrected chi connectivity index (χ3v) is 4.78. The minimum absolute atomic E-state index is 0.221. The summed E-state index contributed by atoms with van der Waals surface area (Å²) in [6.07, 6.45) is 3.56. The summed E-state index contributed by atoms with van der Waals surface area (Å²) in [5.74, 6) is 0. The van der Waals surface area contributed by atoms with E-state index in [2.05, 4.69) is 22.0 Å². The largest absolute Gasteiger partial charge is 0.447 e. The Balaban J connectivity index is 1.46. The van der Waals surface area contributed by atoms with E-state index in [0.717, 1.165) is 43.9 Å². The van der Waals surface area contributed by atoms with Gasteiger partial charge in [-0.15, -0.1) is 0 Å². The van der Waals surface area contributed by atoms with Crippen LogP contribution in [0.5, 0.6) is 0 Å². The summed E-state index contributed by atoms with van der Waals surface area (Å²) in [6, 6.07) is 12.3. The Labute approximate surface area is 141 Å². The lowest BCUT2D eigenvalue weighted by Gasteiger charge is -2.31. The number of anilines is 1. The quantitative estimate of drug-likeness (QED) is 0.868. The highest BCUT2D eigenvalue weighted by atomic mass is 16.6. The van der Waals surface area contributed by atoms with Crippen LogP contribution in [0.3, 0.4) is 0 Å². The van der Waals surface area contributed by atoms with Gasteiger partial charge in [0.2, 0.25) is 0 Å². The second kappa shape index (κ2) is 6.61. The monoisotopic (exact) mass is 323 g/mol. The summed E-state index contributed by atoms with van der Waals surface area (Å²) >= 11 is 0. The van der Waals surface area contributed by atoms with Gasteiger partial charge >= 0.3 is 6.09 Å². The van der Waals surface area contributed by atoms with Crippen molar-refractivity contribution in [1.82, 2.24) is 9.88 Å². The summed E-state index contributed by atoms with van der Waals surface area (Å²) in [4.78, 5) is 20.5. The highest BCUT2D eigenvalue weighted by Crippen LogP contribution is 2.30. The first kappa shape index (κ1) is 15.1. The number of hydrogen-bond acceptors (Lipinski definition) is 4. The number of ether oxygens (including phenoxy) is 1. The molecular weight excluding hydrogens is 302 g/mol. The molecule has 0 radical (unpaired) electrons. The van der Waals surface area contributed by atoms with Gasteiger partial charge in [-0.2, -0.15) is 0 Å². The van der Waals surface area contributed by atoms with E-state index in [4.69, 9.17) is 4.74 Å². The molecule has 0 saturated carbocycles. The molecule has 24 heavy (non-hydrogen) atoms. The Kier molecular flexibility index (Phi) is 4.17. The number of pyridine rings is 1. The van der Waals surface area contributed by atoms with Crippen molar-refractivity contribution in [3.63, 3.8) is 0 Å². The average Bonchev–Trinajstić information content (AvgIpc) is 3.06. The number of hydrogen-bond donors (Lipinski definition) is 0. The molecule has 2 aromatic rings. The molecule has 1 saturated heterocycles. The van der Waals surface area contributed by atoms with Gasteiger partial charge in [0.15, 0.2) is 0 Å². The van der Waals surface area contributed by atoms with Crippen molar-refractivity contribution in [2.24, 2.45) is 0 Å². The maximum atomic E-state index is 11.9. The molecule has 0 N–H and O–H groups in total. The Morgan fingerprint density at radius 1 is 1.12 bits per heavy atom. The number of carbonyl (C=O) groups is 1. The topological polar surface area (TPSA) is 45.7 Å². The zero-order valence-corrected chi connectivity index (χ0v) is 13.6. The van der Waals surface area contributed by atoms with Crippen LogP contribution >= 0.6 is 0 Å². The normalized spacial score (nSPS) is 17.7. The molecule has 124 valence electrons. The lowest BCUT2D eigenvalue weighted by atomic mass is 9.97. The van der Waals surface area contributed by atoms with Gasteiger partial charge in [0.1, 0.15) is 6.61 Å². The van der Waals surface area contributed by atoms with Crippen molar-refractivity contribution in [2.75, 3.05) is 31.1 Å². The van der Waals surface area contributed by atoms with Gasteiger partial charge < -0.3 is 4.74 Å². The zero-order chi connectivity index (χ0) is 16.4. The Bertz CT molecular complexity index is 733. The smallest absolute Gasteiger partial charge is 0.414 e. The molecule has 1 aromatic carbocycles. The van der Waals surface area contributed by atoms with E-state index in [-0.39, 0.29) is 6.09 Å². The Hall–Kier alpha value is -2.40. The van der Waals surface area contributed by atoms with Crippen molar-refractivity contribution >= 4 is 11.8 Å². The van der Waals surface area contributed by atoms with Crippen LogP contribution in [0.4, 0.5) is 10.5 Å². The average molecular weight is 323 g/mol. The third kappa shape index (κ3) is 2.99. The second-order valence-electron chi connectivity index (χ2n) is 6.28. The van der Waals surface area contributed by atoms with Crippen LogP contribution in [0, 0.1) is 0 Å². The fraction of sp³-hybridized carbons (Fsp3) is 0.368. The van der Waals surface area contributed by atoms with Gasteiger partial charge in [-0.3, -0.25) is 14.8 Å². The lowest BCUT2D eigenvalue weighted by Crippen LogP contribution is -2.34. The third-order valence-electron chi connectivity index (χ3n) is 4.78. The molecule has 4 rings (SSSR count). The number of rotatable bonds is 4. The number of fused-ring (bicyclic) bond motifs is 1. The zero-order valence-electron chi connectivity index (χ0n) is 13.6. The summed E-state index contributed by atoms with van der Waals surface area (Å²) in [5.41, 5.74) is 4.78. The maximum Gasteiger partial charge on any atom is 0.414 e. The minimum atomic E-state index is -0.221. The number of carbonyl (C=O) groups excluding carboxylic acids is 1. The van der Waals surface area contributed by atoms with E-state index in [1.54, 1.807) is 4.90 Å². The molecule has 3 heterocycles. The predicted molar refractivity (Wildman–Crippen MR) is 92.1 cm³/mol. The van der Waals surface area contributed by atoms with Crippen LogP contribution in [0.15, 0.2) is 42.6 Å². The van der Waals surface area contributed by atoms with Crippen molar-refractivity contribution in [3.05, 3.63) is 59.4 Å². The fourth-order valence-electron chi connectivity index (χ4n) is 3.52. The van der Waals surface area contributed by atoms with Crippen LogP contribution < -0.4 is 4.90 Å². The molecule has 5 heteroatoms. The van der Waals surface area contributed by atoms with Crippen molar-refractivity contribution in [2.45, 2.75) is 19.4 Å². The van der Waals surface area contributed by atoms with Crippen molar-refractivity contribution < 1.29 is 9.53 Å². The van der Waals surface area contributed by atoms with Crippen LogP contribution in [-0.2, 0) is 24.1 Å². The minimum Gasteiger partial charge on any atom is -0.447 e. The number of aromatic nitrogens is 1. The second-order valence-corrected chi connectivity index (χ2v) is 6.28. The fourth-order valence-corrected chi connectivity index (χ4v) is 3.52. The van der Waals surface area contributed by atoms with Crippen LogP contribution in [0.1, 0.15) is 16.8 Å². The summed E-state index contributed by atoms with van der Waals surface area (Å²) in [6.45, 7) is 4.09. The molecule has 0 aliphatic carbocycles. The van der Waals surface area contributed by atoms with Crippen LogP contribution in [-0.4, -0.2) is 42.2 Å². The van der Waals surface area contributed by atoms with Gasteiger partial charge in [-0.25, -0.2) is 4.79 Å². The molecule has 1 fully saturated rings. The molecule has 2 aliphatic heterocycles. The van der Waals surface area contributed by atoms with Gasteiger partial charge in [-0.1, -0.05) is 18.2 Å². The summed E-state index contributed by atoms with van der Waals surface area (Å²) < 4.78 is 5.09. The molecule has 0 unspecified atom stereocenters. The van der Waals surface area contributed by atoms with Gasteiger partial charge in [-0.05, 0) is 35.7 Å². The molecular formula is C19H21N3O2. The lowest BCUT2D eigenvalue weighted by molar-refractivity contribution is 0.181. The van der Waals surface area contributed by atoms with E-state index < -0.39 is 0 Å². The first-order chi connectivity index (χ1) is 11.8. The summed E-state index contributed by atoms with van der Waals surface area (Å²) in [5, 5.41) is 0. The highest BCUT2D eigenvalue weighted by Gasteiger charge is 2.28. The SMILES string of the molecule is O=C1OCCN1c1cccc2c1CCN(CCc1ccccn1)C2. The van der Waals surface area contributed by atoms with Gasteiger partial charge in [0, 0.05) is 37.9 Å². The standard InChI is InChI=1S/C19H21N3O2/c23-19-22(12-13-24-19)18-6-3-4-15-14-21(11-8-17(15)18)10-7-16-5-1-2-9-20-16/h1-6,9H,7-8,10-14H2. The Morgan fingerprint density at radius 3 is 2.88 bits per heavy atom. The maximum absolute atomic E-state index is 11.9. The molecule has 2 aliphatic rings. The van der Waals surface area contributed by atoms with Gasteiger partial charge in [0.05, 0.1) is 12.2 Å². The van der Waals surface area contributed by atoms with Crippen LogP contribution in [0.2, 0.25) is 0 Å². The number of benzene rings is 1. The van der Waals surface area contributed by atoms with Crippen molar-refractivity contribution in [3.8, 4) is 0 Å². The number of nitrogens with zero attached hydrogens (tertiary/aromatic N) is 3. The van der Waals surface area contributed by atoms with E-state index in [9.17, 15) is 4.79 Å². The molecule has 0 bridgehead atoms.